The van der Waals surface area contributed by atoms with E-state index in [-0.39, 0.29) is 6.04 Å². The van der Waals surface area contributed by atoms with E-state index in [1.54, 1.807) is 12.1 Å². The maximum Gasteiger partial charge on any atom is 0.401 e. The monoisotopic (exact) mass is 270 g/mol. The van der Waals surface area contributed by atoms with E-state index in [4.69, 9.17) is 5.26 Å². The summed E-state index contributed by atoms with van der Waals surface area (Å²) < 4.78 is 36.7. The molecule has 1 aromatic rings. The van der Waals surface area contributed by atoms with E-state index >= 15 is 0 Å². The molecule has 1 N–H and O–H groups in total. The number of anilines is 1. The number of nitriles is 1. The molecule has 2 rings (SSSR count). The van der Waals surface area contributed by atoms with Gasteiger partial charge in [0.1, 0.15) is 11.9 Å². The Morgan fingerprint density at radius 3 is 2.84 bits per heavy atom. The van der Waals surface area contributed by atoms with Crippen molar-refractivity contribution in [2.75, 3.05) is 25.0 Å². The van der Waals surface area contributed by atoms with Gasteiger partial charge in [0.25, 0.3) is 0 Å². The quantitative estimate of drug-likeness (QED) is 0.912. The number of alkyl halides is 3. The predicted octanol–water partition coefficient (Wildman–Crippen LogP) is 2.00. The molecule has 2 heterocycles. The van der Waals surface area contributed by atoms with E-state index in [2.05, 4.69) is 10.3 Å². The fourth-order valence-corrected chi connectivity index (χ4v) is 2.10. The van der Waals surface area contributed by atoms with Crippen LogP contribution in [0, 0.1) is 11.3 Å². The van der Waals surface area contributed by atoms with Crippen LogP contribution in [-0.4, -0.2) is 41.7 Å². The lowest BCUT2D eigenvalue weighted by atomic mass is 10.2. The Hall–Kier alpha value is -1.81. The Bertz CT molecular complexity index is 463. The summed E-state index contributed by atoms with van der Waals surface area (Å²) in [5, 5.41) is 11.7. The summed E-state index contributed by atoms with van der Waals surface area (Å²) in [6.07, 6.45) is -2.07. The van der Waals surface area contributed by atoms with Gasteiger partial charge in [-0.25, -0.2) is 4.98 Å². The summed E-state index contributed by atoms with van der Waals surface area (Å²) in [5.74, 6) is 0.581. The van der Waals surface area contributed by atoms with E-state index in [0.717, 1.165) is 0 Å². The second kappa shape index (κ2) is 5.45. The molecule has 0 aliphatic carbocycles. The van der Waals surface area contributed by atoms with Crippen molar-refractivity contribution in [2.24, 2.45) is 0 Å². The molecule has 7 heteroatoms. The van der Waals surface area contributed by atoms with Gasteiger partial charge >= 0.3 is 6.18 Å². The van der Waals surface area contributed by atoms with E-state index in [1.165, 1.54) is 11.1 Å². The van der Waals surface area contributed by atoms with Crippen LogP contribution in [0.1, 0.15) is 12.0 Å². The topological polar surface area (TPSA) is 52.0 Å². The first-order valence-electron chi connectivity index (χ1n) is 5.88. The molecule has 1 atom stereocenters. The third-order valence-electron chi connectivity index (χ3n) is 2.92. The number of hydrogen-bond donors (Lipinski definition) is 1. The smallest absolute Gasteiger partial charge is 0.366 e. The number of aromatic nitrogens is 1. The second-order valence-electron chi connectivity index (χ2n) is 4.52. The lowest BCUT2D eigenvalue weighted by Gasteiger charge is -2.18. The van der Waals surface area contributed by atoms with Crippen LogP contribution in [-0.2, 0) is 0 Å². The fraction of sp³-hybridized carbons (Fsp3) is 0.500. The van der Waals surface area contributed by atoms with Crippen LogP contribution in [0.5, 0.6) is 0 Å². The normalized spacial score (nSPS) is 20.2. The minimum absolute atomic E-state index is 0.0391. The van der Waals surface area contributed by atoms with Gasteiger partial charge in [0, 0.05) is 25.3 Å². The van der Waals surface area contributed by atoms with E-state index in [0.29, 0.717) is 30.9 Å². The predicted molar refractivity (Wildman–Crippen MR) is 63.5 cm³/mol. The van der Waals surface area contributed by atoms with Crippen molar-refractivity contribution >= 4 is 5.82 Å². The molecule has 0 spiro atoms. The highest BCUT2D eigenvalue weighted by atomic mass is 19.4. The number of nitrogens with one attached hydrogen (secondary N) is 1. The highest BCUT2D eigenvalue weighted by Gasteiger charge is 2.34. The Kier molecular flexibility index (Phi) is 3.90. The molecule has 1 aliphatic rings. The van der Waals surface area contributed by atoms with E-state index in [1.807, 2.05) is 6.07 Å². The van der Waals surface area contributed by atoms with Crippen LogP contribution in [0.2, 0.25) is 0 Å². The van der Waals surface area contributed by atoms with Crippen molar-refractivity contribution < 1.29 is 13.2 Å². The standard InChI is InChI=1S/C12H13F3N4/c13-12(14,15)8-19-4-3-10(7-19)18-11-2-1-9(5-16)6-17-11/h1-2,6,10H,3-4,7-8H2,(H,17,18)/t10-/m0/s1. The Balaban J connectivity index is 1.86. The van der Waals surface area contributed by atoms with Crippen LogP contribution in [0.25, 0.3) is 0 Å². The molecular weight excluding hydrogens is 257 g/mol. The molecule has 102 valence electrons. The van der Waals surface area contributed by atoms with E-state index < -0.39 is 12.7 Å². The summed E-state index contributed by atoms with van der Waals surface area (Å²) in [4.78, 5) is 5.41. The molecule has 0 amide bonds. The van der Waals surface area contributed by atoms with Gasteiger partial charge in [0.15, 0.2) is 0 Å². The second-order valence-corrected chi connectivity index (χ2v) is 4.52. The summed E-state index contributed by atoms with van der Waals surface area (Å²) in [7, 11) is 0. The van der Waals surface area contributed by atoms with Gasteiger partial charge in [-0.1, -0.05) is 0 Å². The Labute approximate surface area is 108 Å². The molecule has 4 nitrogen and oxygen atoms in total. The van der Waals surface area contributed by atoms with Gasteiger partial charge in [0.2, 0.25) is 0 Å². The average molecular weight is 270 g/mol. The minimum Gasteiger partial charge on any atom is -0.366 e. The zero-order valence-corrected chi connectivity index (χ0v) is 10.1. The molecule has 0 aromatic carbocycles. The van der Waals surface area contributed by atoms with Crippen LogP contribution in [0.3, 0.4) is 0 Å². The number of hydrogen-bond acceptors (Lipinski definition) is 4. The van der Waals surface area contributed by atoms with Gasteiger partial charge in [-0.05, 0) is 18.6 Å². The number of nitrogens with zero attached hydrogens (tertiary/aromatic N) is 3. The molecule has 1 aliphatic heterocycles. The molecule has 1 saturated heterocycles. The number of halogens is 3. The fourth-order valence-electron chi connectivity index (χ4n) is 2.10. The van der Waals surface area contributed by atoms with Crippen molar-refractivity contribution in [1.82, 2.24) is 9.88 Å². The van der Waals surface area contributed by atoms with Gasteiger partial charge in [0.05, 0.1) is 12.1 Å². The first-order valence-corrected chi connectivity index (χ1v) is 5.88. The van der Waals surface area contributed by atoms with Crippen LogP contribution in [0.4, 0.5) is 19.0 Å². The molecule has 0 saturated carbocycles. The maximum absolute atomic E-state index is 12.2. The van der Waals surface area contributed by atoms with Crippen molar-refractivity contribution in [3.8, 4) is 6.07 Å². The number of rotatable bonds is 3. The maximum atomic E-state index is 12.2. The molecular formula is C12H13F3N4. The SMILES string of the molecule is N#Cc1ccc(N[C@H]2CCN(CC(F)(F)F)C2)nc1. The van der Waals surface area contributed by atoms with Crippen molar-refractivity contribution in [3.05, 3.63) is 23.9 Å². The third-order valence-corrected chi connectivity index (χ3v) is 2.92. The van der Waals surface area contributed by atoms with Crippen molar-refractivity contribution in [1.29, 1.82) is 5.26 Å². The first kappa shape index (κ1) is 13.6. The van der Waals surface area contributed by atoms with Gasteiger partial charge in [-0.2, -0.15) is 18.4 Å². The summed E-state index contributed by atoms with van der Waals surface area (Å²) in [5.41, 5.74) is 0.454. The summed E-state index contributed by atoms with van der Waals surface area (Å²) in [6, 6.07) is 5.20. The number of pyridine rings is 1. The summed E-state index contributed by atoms with van der Waals surface area (Å²) in [6.45, 7) is -0.0966. The Morgan fingerprint density at radius 2 is 2.26 bits per heavy atom. The van der Waals surface area contributed by atoms with Gasteiger partial charge in [-0.15, -0.1) is 0 Å². The number of likely N-dealkylation sites (tertiary alicyclic amines) is 1. The minimum atomic E-state index is -4.15. The van der Waals surface area contributed by atoms with Crippen LogP contribution < -0.4 is 5.32 Å². The van der Waals surface area contributed by atoms with Crippen LogP contribution in [0.15, 0.2) is 18.3 Å². The lowest BCUT2D eigenvalue weighted by molar-refractivity contribution is -0.143. The molecule has 0 bridgehead atoms. The molecule has 0 radical (unpaired) electrons. The van der Waals surface area contributed by atoms with Gasteiger partial charge in [-0.3, -0.25) is 4.90 Å². The Morgan fingerprint density at radius 1 is 1.47 bits per heavy atom. The lowest BCUT2D eigenvalue weighted by Crippen LogP contribution is -2.34. The molecule has 19 heavy (non-hydrogen) atoms. The molecule has 1 fully saturated rings. The summed E-state index contributed by atoms with van der Waals surface area (Å²) >= 11 is 0. The van der Waals surface area contributed by atoms with Crippen molar-refractivity contribution in [2.45, 2.75) is 18.6 Å². The van der Waals surface area contributed by atoms with E-state index in [9.17, 15) is 13.2 Å². The molecule has 0 unspecified atom stereocenters. The zero-order chi connectivity index (χ0) is 13.9. The highest BCUT2D eigenvalue weighted by Crippen LogP contribution is 2.21. The zero-order valence-electron chi connectivity index (χ0n) is 10.1. The van der Waals surface area contributed by atoms with Crippen LogP contribution >= 0.6 is 0 Å². The molecule has 1 aromatic heterocycles. The average Bonchev–Trinajstić information content (AvgIpc) is 2.75. The first-order chi connectivity index (χ1) is 8.96. The third kappa shape index (κ3) is 4.10. The largest absolute Gasteiger partial charge is 0.401 e. The van der Waals surface area contributed by atoms with Crippen molar-refractivity contribution in [3.63, 3.8) is 0 Å². The highest BCUT2D eigenvalue weighted by molar-refractivity contribution is 5.40. The van der Waals surface area contributed by atoms with Gasteiger partial charge < -0.3 is 5.32 Å².